The monoisotopic (exact) mass is 439 g/mol. The molecule has 0 aliphatic carbocycles. The number of hydrogen-bond donors (Lipinski definition) is 1. The van der Waals surface area contributed by atoms with E-state index in [1.807, 2.05) is 34.2 Å². The summed E-state index contributed by atoms with van der Waals surface area (Å²) in [4.78, 5) is 17.6. The zero-order valence-corrected chi connectivity index (χ0v) is 16.5. The van der Waals surface area contributed by atoms with Gasteiger partial charge in [-0.25, -0.2) is 13.8 Å². The summed E-state index contributed by atoms with van der Waals surface area (Å²) >= 11 is 7.43. The summed E-state index contributed by atoms with van der Waals surface area (Å²) < 4.78 is 28.5. The first kappa shape index (κ1) is 20.3. The molecule has 0 unspecified atom stereocenters. The second-order valence-corrected chi connectivity index (χ2v) is 7.14. The van der Waals surface area contributed by atoms with Crippen molar-refractivity contribution in [1.82, 2.24) is 9.38 Å². The van der Waals surface area contributed by atoms with E-state index in [4.69, 9.17) is 11.6 Å². The van der Waals surface area contributed by atoms with Gasteiger partial charge in [0.2, 0.25) is 5.91 Å². The van der Waals surface area contributed by atoms with Gasteiger partial charge in [-0.15, -0.1) is 23.7 Å². The summed E-state index contributed by atoms with van der Waals surface area (Å²) in [5.41, 5.74) is 2.28. The highest BCUT2D eigenvalue weighted by Crippen LogP contribution is 2.26. The molecule has 0 radical (unpaired) electrons. The molecule has 4 nitrogen and oxygen atoms in total. The highest BCUT2D eigenvalue weighted by molar-refractivity contribution is 7.15. The number of carbonyl (C=O) groups excluding carboxylic acids is 1. The van der Waals surface area contributed by atoms with Crippen LogP contribution >= 0.6 is 35.3 Å². The van der Waals surface area contributed by atoms with Crippen molar-refractivity contribution in [3.8, 4) is 11.3 Å². The van der Waals surface area contributed by atoms with Crippen molar-refractivity contribution >= 4 is 51.9 Å². The van der Waals surface area contributed by atoms with E-state index in [0.29, 0.717) is 5.02 Å². The first-order chi connectivity index (χ1) is 13.0. The average Bonchev–Trinajstić information content (AvgIpc) is 3.20. The molecule has 0 saturated carbocycles. The zero-order valence-electron chi connectivity index (χ0n) is 14.2. The third kappa shape index (κ3) is 4.16. The third-order valence-electron chi connectivity index (χ3n) is 3.95. The lowest BCUT2D eigenvalue weighted by Gasteiger charge is -2.06. The van der Waals surface area contributed by atoms with E-state index in [2.05, 4.69) is 10.3 Å². The summed E-state index contributed by atoms with van der Waals surface area (Å²) in [6.45, 7) is 0. The highest BCUT2D eigenvalue weighted by atomic mass is 35.5. The van der Waals surface area contributed by atoms with Gasteiger partial charge in [-0.2, -0.15) is 0 Å². The second-order valence-electron chi connectivity index (χ2n) is 5.87. The molecule has 0 saturated heterocycles. The molecule has 9 heteroatoms. The number of carbonyl (C=O) groups is 1. The Kier molecular flexibility index (Phi) is 5.98. The Bertz CT molecular complexity index is 1160. The molecule has 0 aliphatic rings. The number of aromatic nitrogens is 2. The first-order valence-corrected chi connectivity index (χ1v) is 9.21. The van der Waals surface area contributed by atoms with Crippen molar-refractivity contribution in [3.05, 3.63) is 76.4 Å². The molecule has 0 spiro atoms. The number of thiazole rings is 1. The van der Waals surface area contributed by atoms with Gasteiger partial charge in [0.25, 0.3) is 0 Å². The molecule has 1 N–H and O–H groups in total. The van der Waals surface area contributed by atoms with Gasteiger partial charge in [0.15, 0.2) is 4.96 Å². The van der Waals surface area contributed by atoms with Crippen LogP contribution in [0.15, 0.2) is 54.0 Å². The Morgan fingerprint density at radius 3 is 2.79 bits per heavy atom. The van der Waals surface area contributed by atoms with E-state index in [1.165, 1.54) is 17.4 Å². The minimum Gasteiger partial charge on any atom is -0.323 e. The van der Waals surface area contributed by atoms with E-state index in [9.17, 15) is 13.6 Å². The van der Waals surface area contributed by atoms with Crippen LogP contribution < -0.4 is 5.32 Å². The van der Waals surface area contributed by atoms with Gasteiger partial charge in [0.05, 0.1) is 17.8 Å². The maximum atomic E-state index is 13.7. The minimum atomic E-state index is -0.815. The molecule has 28 heavy (non-hydrogen) atoms. The molecular weight excluding hydrogens is 427 g/mol. The molecule has 144 valence electrons. The number of nitrogens with zero attached hydrogens (tertiary/aromatic N) is 2. The summed E-state index contributed by atoms with van der Waals surface area (Å²) in [6, 6.07) is 10.4. The number of halogens is 4. The van der Waals surface area contributed by atoms with Gasteiger partial charge >= 0.3 is 0 Å². The van der Waals surface area contributed by atoms with Gasteiger partial charge in [0.1, 0.15) is 11.6 Å². The van der Waals surface area contributed by atoms with Crippen LogP contribution in [-0.2, 0) is 11.2 Å². The van der Waals surface area contributed by atoms with Crippen LogP contribution in [0.4, 0.5) is 14.5 Å². The summed E-state index contributed by atoms with van der Waals surface area (Å²) in [5, 5.41) is 4.90. The van der Waals surface area contributed by atoms with Crippen molar-refractivity contribution in [2.24, 2.45) is 0 Å². The molecule has 0 bridgehead atoms. The van der Waals surface area contributed by atoms with Gasteiger partial charge in [-0.05, 0) is 24.3 Å². The topological polar surface area (TPSA) is 46.4 Å². The van der Waals surface area contributed by atoms with Crippen LogP contribution in [0.25, 0.3) is 16.2 Å². The number of imidazole rings is 1. The molecule has 1 amide bonds. The Morgan fingerprint density at radius 2 is 2.04 bits per heavy atom. The number of anilines is 1. The number of amides is 1. The van der Waals surface area contributed by atoms with Crippen LogP contribution in [0.2, 0.25) is 5.02 Å². The van der Waals surface area contributed by atoms with Crippen LogP contribution in [0.3, 0.4) is 0 Å². The second kappa shape index (κ2) is 8.26. The lowest BCUT2D eigenvalue weighted by atomic mass is 10.2. The first-order valence-electron chi connectivity index (χ1n) is 7.96. The van der Waals surface area contributed by atoms with Crippen LogP contribution in [0.1, 0.15) is 5.69 Å². The number of nitrogens with one attached hydrogen (secondary N) is 1. The predicted molar refractivity (Wildman–Crippen MR) is 109 cm³/mol. The molecule has 2 aromatic carbocycles. The van der Waals surface area contributed by atoms with Crippen LogP contribution in [-0.4, -0.2) is 15.3 Å². The van der Waals surface area contributed by atoms with Gasteiger partial charge in [0, 0.05) is 33.9 Å². The Labute approximate surface area is 174 Å². The zero-order chi connectivity index (χ0) is 19.0. The molecule has 2 aromatic heterocycles. The van der Waals surface area contributed by atoms with Gasteiger partial charge < -0.3 is 5.32 Å². The minimum absolute atomic E-state index is 0. The molecule has 0 atom stereocenters. The normalized spacial score (nSPS) is 10.7. The van der Waals surface area contributed by atoms with Crippen molar-refractivity contribution < 1.29 is 13.6 Å². The van der Waals surface area contributed by atoms with Crippen molar-refractivity contribution in [2.75, 3.05) is 5.32 Å². The largest absolute Gasteiger partial charge is 0.323 e. The van der Waals surface area contributed by atoms with E-state index in [0.717, 1.165) is 34.0 Å². The van der Waals surface area contributed by atoms with Crippen molar-refractivity contribution in [1.29, 1.82) is 0 Å². The fraction of sp³-hybridized carbons (Fsp3) is 0.0526. The maximum Gasteiger partial charge on any atom is 0.230 e. The lowest BCUT2D eigenvalue weighted by Crippen LogP contribution is -2.16. The fourth-order valence-electron chi connectivity index (χ4n) is 2.69. The fourth-order valence-corrected chi connectivity index (χ4v) is 3.76. The molecular formula is C19H13Cl2F2N3OS. The quantitative estimate of drug-likeness (QED) is 0.449. The Morgan fingerprint density at radius 1 is 1.21 bits per heavy atom. The highest BCUT2D eigenvalue weighted by Gasteiger charge is 2.14. The summed E-state index contributed by atoms with van der Waals surface area (Å²) in [6.07, 6.45) is 1.86. The smallest absolute Gasteiger partial charge is 0.230 e. The van der Waals surface area contributed by atoms with Gasteiger partial charge in [-0.1, -0.05) is 23.7 Å². The third-order valence-corrected chi connectivity index (χ3v) is 5.07. The van der Waals surface area contributed by atoms with E-state index in [-0.39, 0.29) is 24.5 Å². The summed E-state index contributed by atoms with van der Waals surface area (Å²) in [5.74, 6) is -1.92. The number of hydrogen-bond acceptors (Lipinski definition) is 3. The average molecular weight is 440 g/mol. The van der Waals surface area contributed by atoms with Crippen molar-refractivity contribution in [2.45, 2.75) is 6.42 Å². The molecule has 0 fully saturated rings. The number of rotatable bonds is 4. The van der Waals surface area contributed by atoms with E-state index < -0.39 is 17.5 Å². The van der Waals surface area contributed by atoms with Crippen LogP contribution in [0, 0.1) is 11.6 Å². The Hall–Kier alpha value is -2.48. The standard InChI is InChI=1S/C19H12ClF2N3OS.ClH/c20-12-3-1-2-11(6-12)17-9-25-14(10-27-19(25)24-17)8-18(26)23-16-5-4-13(21)7-15(16)22;/h1-7,9-10H,8H2,(H,23,26);1H. The van der Waals surface area contributed by atoms with E-state index >= 15 is 0 Å². The molecule has 4 aromatic rings. The molecule has 0 aliphatic heterocycles. The predicted octanol–water partition coefficient (Wildman–Crippen LogP) is 5.60. The molecule has 2 heterocycles. The van der Waals surface area contributed by atoms with Gasteiger partial charge in [-0.3, -0.25) is 9.20 Å². The number of fused-ring (bicyclic) bond motifs is 1. The van der Waals surface area contributed by atoms with E-state index in [1.54, 1.807) is 6.07 Å². The molecule has 4 rings (SSSR count). The Balaban J connectivity index is 0.00000225. The number of benzene rings is 2. The van der Waals surface area contributed by atoms with Crippen molar-refractivity contribution in [3.63, 3.8) is 0 Å². The lowest BCUT2D eigenvalue weighted by molar-refractivity contribution is -0.115. The maximum absolute atomic E-state index is 13.7. The summed E-state index contributed by atoms with van der Waals surface area (Å²) in [7, 11) is 0. The SMILES string of the molecule is Cl.O=C(Cc1csc2nc(-c3cccc(Cl)c3)cn12)Nc1ccc(F)cc1F. The van der Waals surface area contributed by atoms with Crippen LogP contribution in [0.5, 0.6) is 0 Å².